The van der Waals surface area contributed by atoms with Crippen molar-refractivity contribution in [2.24, 2.45) is 0 Å². The van der Waals surface area contributed by atoms with Crippen molar-refractivity contribution in [2.45, 2.75) is 71.6 Å². The zero-order chi connectivity index (χ0) is 35.3. The van der Waals surface area contributed by atoms with Gasteiger partial charge in [-0.15, -0.1) is 5.56 Å². The van der Waals surface area contributed by atoms with Crippen LogP contribution in [-0.4, -0.2) is 3.21 Å². The number of hydrogen-bond acceptors (Lipinski definition) is 0. The maximum absolute atomic E-state index is 12.7. The largest absolute Gasteiger partial charge is 1.00 e. The molecular formula is C41H38Cl2F6Zr-2. The molecular weight excluding hydrogens is 769 g/mol. The van der Waals surface area contributed by atoms with Crippen LogP contribution in [0.15, 0.2) is 103 Å². The summed E-state index contributed by atoms with van der Waals surface area (Å²) < 4.78 is 76.7. The Bertz CT molecular complexity index is 1760. The molecule has 0 amide bonds. The molecule has 0 aromatic heterocycles. The Labute approximate surface area is 318 Å². The van der Waals surface area contributed by atoms with Crippen LogP contribution in [0.5, 0.6) is 0 Å². The minimum Gasteiger partial charge on any atom is -1.00 e. The fourth-order valence-corrected chi connectivity index (χ4v) is 6.45. The Hall–Kier alpha value is -2.86. The zero-order valence-electron chi connectivity index (χ0n) is 28.5. The van der Waals surface area contributed by atoms with E-state index < -0.39 is 23.5 Å². The van der Waals surface area contributed by atoms with Crippen molar-refractivity contribution >= 4 is 3.21 Å². The molecule has 0 saturated carbocycles. The number of fused-ring (bicyclic) bond motifs is 3. The topological polar surface area (TPSA) is 0 Å². The normalized spacial score (nSPS) is 11.8. The van der Waals surface area contributed by atoms with Crippen LogP contribution < -0.4 is 24.8 Å². The quantitative estimate of drug-likeness (QED) is 0.158. The zero-order valence-corrected chi connectivity index (χ0v) is 32.4. The van der Waals surface area contributed by atoms with E-state index in [9.17, 15) is 26.3 Å². The SMILES string of the molecule is CCc1cc(C(C)(C)C)c(CC)[cH-]1.FC(F)(F)c1cccc([C](=[Zr+2])c2cccc(C(F)(F)F)c2)c1.[Cl-].[Cl-].[c-]1cccc2c1Cc1ccccc1-2. The van der Waals surface area contributed by atoms with E-state index >= 15 is 0 Å². The van der Waals surface area contributed by atoms with Crippen molar-refractivity contribution in [2.75, 3.05) is 0 Å². The first-order valence-electron chi connectivity index (χ1n) is 15.8. The monoisotopic (exact) mass is 804 g/mol. The first-order valence-corrected chi connectivity index (χ1v) is 17.1. The second kappa shape index (κ2) is 18.1. The van der Waals surface area contributed by atoms with Gasteiger partial charge in [-0.2, -0.15) is 52.6 Å². The van der Waals surface area contributed by atoms with Gasteiger partial charge in [0.2, 0.25) is 0 Å². The van der Waals surface area contributed by atoms with E-state index in [1.54, 1.807) is 0 Å². The molecule has 0 nitrogen and oxygen atoms in total. The summed E-state index contributed by atoms with van der Waals surface area (Å²) in [6.45, 7) is 11.3. The predicted octanol–water partition coefficient (Wildman–Crippen LogP) is 5.73. The number of halogens is 8. The van der Waals surface area contributed by atoms with Gasteiger partial charge in [-0.3, -0.25) is 0 Å². The van der Waals surface area contributed by atoms with Gasteiger partial charge in [0.1, 0.15) is 0 Å². The molecule has 9 heteroatoms. The van der Waals surface area contributed by atoms with Crippen molar-refractivity contribution in [1.29, 1.82) is 0 Å². The van der Waals surface area contributed by atoms with Crippen molar-refractivity contribution in [3.63, 3.8) is 0 Å². The average Bonchev–Trinajstić information content (AvgIpc) is 3.66. The third kappa shape index (κ3) is 11.1. The molecule has 5 aromatic rings. The first-order chi connectivity index (χ1) is 22.5. The molecule has 50 heavy (non-hydrogen) atoms. The van der Waals surface area contributed by atoms with Gasteiger partial charge in [0.25, 0.3) is 0 Å². The first kappa shape index (κ1) is 43.3. The second-order valence-electron chi connectivity index (χ2n) is 12.7. The van der Waals surface area contributed by atoms with Gasteiger partial charge >= 0.3 is 137 Å². The summed E-state index contributed by atoms with van der Waals surface area (Å²) in [5, 5.41) is 0. The van der Waals surface area contributed by atoms with Gasteiger partial charge in [0.05, 0.1) is 0 Å². The Morgan fingerprint density at radius 1 is 0.700 bits per heavy atom. The van der Waals surface area contributed by atoms with Crippen LogP contribution in [0.25, 0.3) is 11.1 Å². The third-order valence-corrected chi connectivity index (χ3v) is 9.63. The van der Waals surface area contributed by atoms with E-state index in [2.05, 4.69) is 89.2 Å². The standard InChI is InChI=1S/C15H8F6.C13H9.C13H21.2ClH.Zr/c16-14(17,18)12-5-1-3-10(8-12)7-11-4-2-6-13(9-11)15(19,20)21;1-3-7-12-10(5-1)9-11-6-2-4-8-13(11)12;1-6-10-8-11(7-2)12(9-10)13(3,4)5;;;/h1-6,8-9H;1-5,7-8H,9H2;8-9H,6-7H2,1-5H3;2*1H;/q;2*-1;;;+2/p-2. The van der Waals surface area contributed by atoms with Crippen LogP contribution in [0.4, 0.5) is 26.3 Å². The maximum atomic E-state index is 12.7. The minimum atomic E-state index is -4.49. The molecule has 0 atom stereocenters. The number of rotatable bonds is 4. The predicted molar refractivity (Wildman–Crippen MR) is 179 cm³/mol. The smallest absolute Gasteiger partial charge is 0.0253 e. The molecule has 0 heterocycles. The van der Waals surface area contributed by atoms with Crippen LogP contribution in [0.1, 0.15) is 84.7 Å². The summed E-state index contributed by atoms with van der Waals surface area (Å²) in [6, 6.07) is 32.0. The van der Waals surface area contributed by atoms with E-state index in [0.717, 1.165) is 67.8 Å². The molecule has 1 aliphatic rings. The van der Waals surface area contributed by atoms with Gasteiger partial charge in [-0.25, -0.2) is 6.07 Å². The molecule has 0 spiro atoms. The van der Waals surface area contributed by atoms with Crippen molar-refractivity contribution in [3.05, 3.63) is 159 Å². The third-order valence-electron chi connectivity index (χ3n) is 8.21. The van der Waals surface area contributed by atoms with Gasteiger partial charge < -0.3 is 24.8 Å². The molecule has 0 unspecified atom stereocenters. The molecule has 1 aliphatic carbocycles. The molecule has 0 aliphatic heterocycles. The fourth-order valence-electron chi connectivity index (χ4n) is 5.68. The average molecular weight is 807 g/mol. The van der Waals surface area contributed by atoms with Crippen LogP contribution in [0.2, 0.25) is 0 Å². The van der Waals surface area contributed by atoms with Gasteiger partial charge in [-0.05, 0) is 6.42 Å². The fraction of sp³-hybridized carbons (Fsp3) is 0.268. The summed E-state index contributed by atoms with van der Waals surface area (Å²) in [5.41, 5.74) is 9.27. The Morgan fingerprint density at radius 2 is 1.24 bits per heavy atom. The van der Waals surface area contributed by atoms with Gasteiger partial charge in [-0.1, -0.05) is 88.3 Å². The van der Waals surface area contributed by atoms with E-state index in [1.165, 1.54) is 63.2 Å². The number of benzene rings is 4. The van der Waals surface area contributed by atoms with E-state index in [0.29, 0.717) is 8.62 Å². The molecule has 0 bridgehead atoms. The molecule has 0 N–H and O–H groups in total. The Balaban J connectivity index is 0.000000268. The Kier molecular flexibility index (Phi) is 15.6. The molecule has 0 radical (unpaired) electrons. The van der Waals surface area contributed by atoms with Gasteiger partial charge in [0.15, 0.2) is 0 Å². The van der Waals surface area contributed by atoms with Gasteiger partial charge in [0, 0.05) is 0 Å². The van der Waals surface area contributed by atoms with Crippen LogP contribution in [-0.2, 0) is 61.3 Å². The summed E-state index contributed by atoms with van der Waals surface area (Å²) in [7, 11) is 0. The van der Waals surface area contributed by atoms with Crippen LogP contribution in [0.3, 0.4) is 0 Å². The van der Waals surface area contributed by atoms with Crippen molar-refractivity contribution < 1.29 is 75.4 Å². The number of aryl methyl sites for hydroxylation is 2. The summed E-state index contributed by atoms with van der Waals surface area (Å²) in [5.74, 6) is 0. The molecule has 0 saturated heterocycles. The van der Waals surface area contributed by atoms with E-state index in [1.807, 2.05) is 6.07 Å². The summed E-state index contributed by atoms with van der Waals surface area (Å²) in [4.78, 5) is 0. The molecule has 5 aromatic carbocycles. The van der Waals surface area contributed by atoms with E-state index in [4.69, 9.17) is 0 Å². The summed E-state index contributed by atoms with van der Waals surface area (Å²) in [6.07, 6.45) is -5.61. The molecule has 6 rings (SSSR count). The summed E-state index contributed by atoms with van der Waals surface area (Å²) >= 11 is 0.729. The maximum Gasteiger partial charge on any atom is -0.0253 e. The second-order valence-corrected chi connectivity index (χ2v) is 13.9. The van der Waals surface area contributed by atoms with E-state index in [-0.39, 0.29) is 35.9 Å². The van der Waals surface area contributed by atoms with Crippen molar-refractivity contribution in [3.8, 4) is 11.1 Å². The molecule has 0 fully saturated rings. The van der Waals surface area contributed by atoms with Crippen LogP contribution >= 0.6 is 0 Å². The van der Waals surface area contributed by atoms with Crippen LogP contribution in [0, 0.1) is 6.07 Å². The van der Waals surface area contributed by atoms with Crippen molar-refractivity contribution in [1.82, 2.24) is 0 Å². The number of alkyl halides is 6. The Morgan fingerprint density at radius 3 is 1.72 bits per heavy atom. The molecule has 264 valence electrons. The number of hydrogen-bond donors (Lipinski definition) is 0. The minimum absolute atomic E-state index is 0.